The second-order valence-corrected chi connectivity index (χ2v) is 4.60. The zero-order chi connectivity index (χ0) is 13.3. The summed E-state index contributed by atoms with van der Waals surface area (Å²) in [5, 5.41) is 3.30. The molecule has 1 fully saturated rings. The molecule has 6 heteroatoms. The maximum atomic E-state index is 13.4. The molecule has 0 radical (unpaired) electrons. The Kier molecular flexibility index (Phi) is 3.63. The number of halogens is 2. The third kappa shape index (κ3) is 2.52. The lowest BCUT2D eigenvalue weighted by molar-refractivity contribution is -0.137. The molecule has 1 aromatic carbocycles. The normalized spacial score (nSPS) is 19.7. The van der Waals surface area contributed by atoms with Gasteiger partial charge in [-0.15, -0.1) is 0 Å². The lowest BCUT2D eigenvalue weighted by atomic mass is 10.2. The summed E-state index contributed by atoms with van der Waals surface area (Å²) in [6.45, 7) is 0.157. The largest absolute Gasteiger partial charge is 0.301 e. The number of carbonyl (C=O) groups excluding carboxylic acids is 2. The van der Waals surface area contributed by atoms with Crippen LogP contribution >= 0.6 is 11.6 Å². The summed E-state index contributed by atoms with van der Waals surface area (Å²) in [5.74, 6) is -0.913. The van der Waals surface area contributed by atoms with Gasteiger partial charge in [0.2, 0.25) is 11.8 Å². The highest BCUT2D eigenvalue weighted by molar-refractivity contribution is 6.30. The van der Waals surface area contributed by atoms with Crippen molar-refractivity contribution in [2.24, 2.45) is 0 Å². The van der Waals surface area contributed by atoms with E-state index in [2.05, 4.69) is 5.32 Å². The standard InChI is InChI=1S/C12H12ClFN2O2/c1-16-11(17)5-10(12(16)18)15-6-7-4-8(13)2-3-9(7)14/h2-4,10,15H,5-6H2,1H3. The summed E-state index contributed by atoms with van der Waals surface area (Å²) in [7, 11) is 1.44. The predicted octanol–water partition coefficient (Wildman–Crippen LogP) is 1.33. The van der Waals surface area contributed by atoms with E-state index >= 15 is 0 Å². The number of amides is 2. The lowest BCUT2D eigenvalue weighted by Crippen LogP contribution is -2.36. The molecule has 96 valence electrons. The zero-order valence-corrected chi connectivity index (χ0v) is 10.5. The van der Waals surface area contributed by atoms with Gasteiger partial charge in [0.1, 0.15) is 5.82 Å². The van der Waals surface area contributed by atoms with Crippen molar-refractivity contribution in [3.05, 3.63) is 34.6 Å². The molecule has 1 aromatic rings. The Morgan fingerprint density at radius 2 is 2.22 bits per heavy atom. The first-order chi connectivity index (χ1) is 8.49. The van der Waals surface area contributed by atoms with E-state index in [-0.39, 0.29) is 24.8 Å². The van der Waals surface area contributed by atoms with E-state index in [0.717, 1.165) is 4.90 Å². The van der Waals surface area contributed by atoms with Crippen molar-refractivity contribution >= 4 is 23.4 Å². The minimum Gasteiger partial charge on any atom is -0.301 e. The maximum Gasteiger partial charge on any atom is 0.246 e. The van der Waals surface area contributed by atoms with E-state index in [1.54, 1.807) is 0 Å². The van der Waals surface area contributed by atoms with Crippen LogP contribution in [-0.4, -0.2) is 29.8 Å². The first-order valence-electron chi connectivity index (χ1n) is 5.46. The topological polar surface area (TPSA) is 49.4 Å². The number of hydrogen-bond acceptors (Lipinski definition) is 3. The van der Waals surface area contributed by atoms with Crippen LogP contribution in [0.1, 0.15) is 12.0 Å². The predicted molar refractivity (Wildman–Crippen MR) is 64.4 cm³/mol. The summed E-state index contributed by atoms with van der Waals surface area (Å²) in [5.41, 5.74) is 0.373. The van der Waals surface area contributed by atoms with Gasteiger partial charge >= 0.3 is 0 Å². The molecule has 1 unspecified atom stereocenters. The van der Waals surface area contributed by atoms with Crippen LogP contribution in [-0.2, 0) is 16.1 Å². The molecular formula is C12H12ClFN2O2. The average molecular weight is 271 g/mol. The lowest BCUT2D eigenvalue weighted by Gasteiger charge is -2.11. The van der Waals surface area contributed by atoms with E-state index < -0.39 is 11.9 Å². The van der Waals surface area contributed by atoms with Crippen LogP contribution < -0.4 is 5.32 Å². The van der Waals surface area contributed by atoms with E-state index in [1.165, 1.54) is 25.2 Å². The van der Waals surface area contributed by atoms with Crippen LogP contribution in [0, 0.1) is 5.82 Å². The molecule has 1 aliphatic rings. The SMILES string of the molecule is CN1C(=O)CC(NCc2cc(Cl)ccc2F)C1=O. The Morgan fingerprint density at radius 3 is 2.83 bits per heavy atom. The first kappa shape index (κ1) is 13.0. The Labute approximate surface area is 109 Å². The zero-order valence-electron chi connectivity index (χ0n) is 9.74. The van der Waals surface area contributed by atoms with Crippen molar-refractivity contribution in [3.8, 4) is 0 Å². The molecule has 0 aromatic heterocycles. The average Bonchev–Trinajstić information content (AvgIpc) is 2.58. The van der Waals surface area contributed by atoms with Crippen molar-refractivity contribution in [1.82, 2.24) is 10.2 Å². The van der Waals surface area contributed by atoms with Gasteiger partial charge in [0.15, 0.2) is 0 Å². The summed E-state index contributed by atoms with van der Waals surface area (Å²) in [4.78, 5) is 24.0. The molecule has 0 saturated carbocycles. The fraction of sp³-hybridized carbons (Fsp3) is 0.333. The number of likely N-dealkylation sites (tertiary alicyclic amines) is 1. The fourth-order valence-corrected chi connectivity index (χ4v) is 2.02. The van der Waals surface area contributed by atoms with E-state index in [9.17, 15) is 14.0 Å². The van der Waals surface area contributed by atoms with Gasteiger partial charge in [0.05, 0.1) is 12.5 Å². The van der Waals surface area contributed by atoms with Crippen molar-refractivity contribution in [3.63, 3.8) is 0 Å². The van der Waals surface area contributed by atoms with Gasteiger partial charge in [-0.2, -0.15) is 0 Å². The van der Waals surface area contributed by atoms with Gasteiger partial charge < -0.3 is 5.32 Å². The molecule has 2 rings (SSSR count). The van der Waals surface area contributed by atoms with Gasteiger partial charge in [-0.25, -0.2) is 4.39 Å². The van der Waals surface area contributed by atoms with Gasteiger partial charge in [0, 0.05) is 24.2 Å². The van der Waals surface area contributed by atoms with Gasteiger partial charge in [-0.3, -0.25) is 14.5 Å². The highest BCUT2D eigenvalue weighted by Crippen LogP contribution is 2.16. The minimum absolute atomic E-state index is 0.109. The van der Waals surface area contributed by atoms with Crippen LogP contribution in [0.3, 0.4) is 0 Å². The van der Waals surface area contributed by atoms with Crippen LogP contribution in [0.2, 0.25) is 5.02 Å². The molecular weight excluding hydrogens is 259 g/mol. The number of likely N-dealkylation sites (N-methyl/N-ethyl adjacent to an activating group) is 1. The molecule has 1 atom stereocenters. The molecule has 1 aliphatic heterocycles. The van der Waals surface area contributed by atoms with Crippen molar-refractivity contribution in [2.45, 2.75) is 19.0 Å². The molecule has 0 spiro atoms. The second kappa shape index (κ2) is 5.04. The summed E-state index contributed by atoms with van der Waals surface area (Å²) in [6.07, 6.45) is 0.109. The Bertz CT molecular complexity index is 507. The molecule has 2 amide bonds. The maximum absolute atomic E-state index is 13.4. The Hall–Kier alpha value is -1.46. The number of nitrogens with zero attached hydrogens (tertiary/aromatic N) is 1. The summed E-state index contributed by atoms with van der Waals surface area (Å²) >= 11 is 5.76. The number of carbonyl (C=O) groups is 2. The highest BCUT2D eigenvalue weighted by Gasteiger charge is 2.35. The molecule has 18 heavy (non-hydrogen) atoms. The Balaban J connectivity index is 2.02. The quantitative estimate of drug-likeness (QED) is 0.843. The summed E-state index contributed by atoms with van der Waals surface area (Å²) in [6, 6.07) is 3.64. The number of benzene rings is 1. The van der Waals surface area contributed by atoms with Crippen LogP contribution in [0.4, 0.5) is 4.39 Å². The van der Waals surface area contributed by atoms with E-state index in [1.807, 2.05) is 0 Å². The molecule has 1 heterocycles. The van der Waals surface area contributed by atoms with Crippen LogP contribution in [0.5, 0.6) is 0 Å². The number of imide groups is 1. The van der Waals surface area contributed by atoms with Gasteiger partial charge in [0.25, 0.3) is 0 Å². The fourth-order valence-electron chi connectivity index (χ4n) is 1.83. The Morgan fingerprint density at radius 1 is 1.50 bits per heavy atom. The number of nitrogens with one attached hydrogen (secondary N) is 1. The van der Waals surface area contributed by atoms with E-state index in [0.29, 0.717) is 10.6 Å². The van der Waals surface area contributed by atoms with Crippen LogP contribution in [0.25, 0.3) is 0 Å². The van der Waals surface area contributed by atoms with E-state index in [4.69, 9.17) is 11.6 Å². The molecule has 4 nitrogen and oxygen atoms in total. The second-order valence-electron chi connectivity index (χ2n) is 4.16. The summed E-state index contributed by atoms with van der Waals surface area (Å²) < 4.78 is 13.4. The highest BCUT2D eigenvalue weighted by atomic mass is 35.5. The van der Waals surface area contributed by atoms with Gasteiger partial charge in [-0.05, 0) is 18.2 Å². The molecule has 1 N–H and O–H groups in total. The van der Waals surface area contributed by atoms with Crippen LogP contribution in [0.15, 0.2) is 18.2 Å². The molecule has 0 bridgehead atoms. The third-order valence-electron chi connectivity index (χ3n) is 2.93. The third-order valence-corrected chi connectivity index (χ3v) is 3.16. The minimum atomic E-state index is -0.583. The molecule has 1 saturated heterocycles. The smallest absolute Gasteiger partial charge is 0.246 e. The van der Waals surface area contributed by atoms with Crippen molar-refractivity contribution in [1.29, 1.82) is 0 Å². The molecule has 0 aliphatic carbocycles. The van der Waals surface area contributed by atoms with Gasteiger partial charge in [-0.1, -0.05) is 11.6 Å². The number of hydrogen-bond donors (Lipinski definition) is 1. The van der Waals surface area contributed by atoms with Crippen molar-refractivity contribution < 1.29 is 14.0 Å². The number of rotatable bonds is 3. The van der Waals surface area contributed by atoms with Crippen molar-refractivity contribution in [2.75, 3.05) is 7.05 Å². The first-order valence-corrected chi connectivity index (χ1v) is 5.84. The monoisotopic (exact) mass is 270 g/mol.